The summed E-state index contributed by atoms with van der Waals surface area (Å²) in [6.07, 6.45) is -5.36. The maximum atomic E-state index is 12.1. The van der Waals surface area contributed by atoms with Crippen LogP contribution in [0.4, 0.5) is 13.2 Å². The molecule has 1 aromatic rings. The summed E-state index contributed by atoms with van der Waals surface area (Å²) >= 11 is 1.54. The van der Waals surface area contributed by atoms with Crippen LogP contribution < -0.4 is 9.47 Å². The number of methoxy groups -OCH3 is 1. The topological polar surface area (TPSA) is 68.7 Å². The average molecular weight is 377 g/mol. The van der Waals surface area contributed by atoms with E-state index in [1.54, 1.807) is 22.6 Å². The Morgan fingerprint density at radius 3 is 2.61 bits per heavy atom. The number of hydrogen-bond donors (Lipinski definition) is 1. The fourth-order valence-corrected chi connectivity index (χ4v) is 1.68. The smallest absolute Gasteiger partial charge is 0.481 e. The lowest BCUT2D eigenvalue weighted by Gasteiger charge is -2.13. The number of hydrogen-bond acceptors (Lipinski definition) is 4. The van der Waals surface area contributed by atoms with E-state index in [0.717, 1.165) is 0 Å². The van der Waals surface area contributed by atoms with Gasteiger partial charge in [0, 0.05) is 6.07 Å². The second-order valence-electron chi connectivity index (χ2n) is 3.06. The van der Waals surface area contributed by atoms with Crippen LogP contribution in [0.3, 0.4) is 0 Å². The van der Waals surface area contributed by atoms with Crippen molar-refractivity contribution in [2.45, 2.75) is 12.8 Å². The molecule has 0 atom stereocenters. The van der Waals surface area contributed by atoms with Crippen molar-refractivity contribution in [3.63, 3.8) is 0 Å². The number of aromatic nitrogens is 1. The van der Waals surface area contributed by atoms with E-state index in [9.17, 15) is 18.0 Å². The van der Waals surface area contributed by atoms with Crippen LogP contribution in [0.25, 0.3) is 0 Å². The van der Waals surface area contributed by atoms with Crippen molar-refractivity contribution in [2.75, 3.05) is 7.11 Å². The van der Waals surface area contributed by atoms with Crippen LogP contribution in [-0.2, 0) is 11.2 Å². The third kappa shape index (κ3) is 4.20. The first-order valence-corrected chi connectivity index (χ1v) is 5.51. The lowest BCUT2D eigenvalue weighted by atomic mass is 10.2. The zero-order chi connectivity index (χ0) is 13.9. The molecule has 1 rings (SSSR count). The number of aliphatic carboxylic acids is 1. The monoisotopic (exact) mass is 377 g/mol. The van der Waals surface area contributed by atoms with E-state index in [1.807, 2.05) is 0 Å². The molecule has 0 aliphatic heterocycles. The number of ether oxygens (including phenoxy) is 2. The number of carbonyl (C=O) groups is 1. The van der Waals surface area contributed by atoms with Gasteiger partial charge in [-0.1, -0.05) is 0 Å². The van der Waals surface area contributed by atoms with Crippen molar-refractivity contribution >= 4 is 28.6 Å². The molecule has 0 unspecified atom stereocenters. The molecule has 0 aromatic carbocycles. The van der Waals surface area contributed by atoms with Crippen LogP contribution in [0, 0.1) is 3.57 Å². The van der Waals surface area contributed by atoms with Crippen LogP contribution in [0.5, 0.6) is 11.8 Å². The first-order chi connectivity index (χ1) is 8.23. The molecule has 0 spiro atoms. The van der Waals surface area contributed by atoms with Crippen LogP contribution in [0.15, 0.2) is 6.07 Å². The number of nitrogens with zero attached hydrogens (tertiary/aromatic N) is 1. The summed E-state index contributed by atoms with van der Waals surface area (Å²) < 4.78 is 44.8. The Kier molecular flexibility index (Phi) is 4.59. The van der Waals surface area contributed by atoms with Crippen LogP contribution in [0.1, 0.15) is 5.56 Å². The molecule has 0 fully saturated rings. The van der Waals surface area contributed by atoms with Gasteiger partial charge in [0.05, 0.1) is 17.1 Å². The second kappa shape index (κ2) is 5.59. The van der Waals surface area contributed by atoms with Gasteiger partial charge in [0.2, 0.25) is 11.8 Å². The number of carboxylic acids is 1. The first-order valence-electron chi connectivity index (χ1n) is 4.44. The number of carboxylic acid groups (broad SMARTS) is 1. The summed E-state index contributed by atoms with van der Waals surface area (Å²) in [6, 6.07) is 1.25. The highest BCUT2D eigenvalue weighted by molar-refractivity contribution is 14.1. The van der Waals surface area contributed by atoms with E-state index in [-0.39, 0.29) is 15.0 Å². The highest BCUT2D eigenvalue weighted by atomic mass is 127. The third-order valence-corrected chi connectivity index (χ3v) is 2.90. The number of rotatable bonds is 4. The molecule has 5 nitrogen and oxygen atoms in total. The predicted molar refractivity (Wildman–Crippen MR) is 61.5 cm³/mol. The van der Waals surface area contributed by atoms with Gasteiger partial charge in [0.15, 0.2) is 0 Å². The minimum atomic E-state index is -4.90. The van der Waals surface area contributed by atoms with Gasteiger partial charge in [-0.3, -0.25) is 4.79 Å². The fraction of sp³-hybridized carbons (Fsp3) is 0.333. The molecule has 0 radical (unpaired) electrons. The molecule has 1 aromatic heterocycles. The van der Waals surface area contributed by atoms with Gasteiger partial charge in [-0.05, 0) is 28.2 Å². The zero-order valence-electron chi connectivity index (χ0n) is 8.92. The lowest BCUT2D eigenvalue weighted by Crippen LogP contribution is -2.19. The molecule has 0 bridgehead atoms. The van der Waals surface area contributed by atoms with Crippen molar-refractivity contribution in [3.05, 3.63) is 15.2 Å². The van der Waals surface area contributed by atoms with E-state index < -0.39 is 24.6 Å². The summed E-state index contributed by atoms with van der Waals surface area (Å²) in [5, 5.41) is 8.65. The van der Waals surface area contributed by atoms with Crippen molar-refractivity contribution in [2.24, 2.45) is 0 Å². The molecule has 9 heteroatoms. The average Bonchev–Trinajstić information content (AvgIpc) is 2.21. The van der Waals surface area contributed by atoms with Gasteiger partial charge in [-0.2, -0.15) is 4.98 Å². The molecular weight excluding hydrogens is 370 g/mol. The van der Waals surface area contributed by atoms with Crippen molar-refractivity contribution in [1.29, 1.82) is 0 Å². The second-order valence-corrected chi connectivity index (χ2v) is 4.14. The van der Waals surface area contributed by atoms with Gasteiger partial charge in [-0.15, -0.1) is 13.2 Å². The molecule has 0 saturated heterocycles. The van der Waals surface area contributed by atoms with Crippen LogP contribution >= 0.6 is 22.6 Å². The van der Waals surface area contributed by atoms with E-state index in [1.165, 1.54) is 13.2 Å². The Morgan fingerprint density at radius 1 is 1.56 bits per heavy atom. The summed E-state index contributed by atoms with van der Waals surface area (Å²) in [4.78, 5) is 14.1. The van der Waals surface area contributed by atoms with E-state index in [4.69, 9.17) is 9.84 Å². The molecule has 0 aliphatic rings. The summed E-state index contributed by atoms with van der Waals surface area (Å²) in [7, 11) is 1.21. The summed E-state index contributed by atoms with van der Waals surface area (Å²) in [5.41, 5.74) is 0.134. The standard InChI is InChI=1S/C9H7F3INO4/c1-17-5-2-4(3-6(15)16)7(13)8(14-5)18-9(10,11)12/h2H,3H2,1H3,(H,15,16). The van der Waals surface area contributed by atoms with Gasteiger partial charge >= 0.3 is 12.3 Å². The molecule has 18 heavy (non-hydrogen) atoms. The highest BCUT2D eigenvalue weighted by Crippen LogP contribution is 2.31. The Balaban J connectivity index is 3.20. The minimum Gasteiger partial charge on any atom is -0.481 e. The maximum absolute atomic E-state index is 12.1. The maximum Gasteiger partial charge on any atom is 0.574 e. The lowest BCUT2D eigenvalue weighted by molar-refractivity contribution is -0.276. The normalized spacial score (nSPS) is 11.2. The van der Waals surface area contributed by atoms with Crippen molar-refractivity contribution in [3.8, 4) is 11.8 Å². The van der Waals surface area contributed by atoms with Crippen LogP contribution in [0.2, 0.25) is 0 Å². The fourth-order valence-electron chi connectivity index (χ4n) is 1.10. The van der Waals surface area contributed by atoms with E-state index in [0.29, 0.717) is 0 Å². The molecule has 0 saturated carbocycles. The predicted octanol–water partition coefficient (Wildman–Crippen LogP) is 2.22. The zero-order valence-corrected chi connectivity index (χ0v) is 11.1. The molecule has 1 heterocycles. The number of alkyl halides is 3. The number of halogens is 4. The number of pyridine rings is 1. The Hall–Kier alpha value is -1.26. The van der Waals surface area contributed by atoms with E-state index >= 15 is 0 Å². The Labute approximate surface area is 113 Å². The SMILES string of the molecule is COc1cc(CC(=O)O)c(I)c(OC(F)(F)F)n1. The van der Waals surface area contributed by atoms with Gasteiger partial charge < -0.3 is 14.6 Å². The van der Waals surface area contributed by atoms with Crippen molar-refractivity contribution in [1.82, 2.24) is 4.98 Å². The molecule has 0 aliphatic carbocycles. The molecular formula is C9H7F3INO4. The Bertz CT molecular complexity index is 464. The van der Waals surface area contributed by atoms with Crippen molar-refractivity contribution < 1.29 is 32.5 Å². The van der Waals surface area contributed by atoms with E-state index in [2.05, 4.69) is 9.72 Å². The van der Waals surface area contributed by atoms with Gasteiger partial charge in [-0.25, -0.2) is 0 Å². The minimum absolute atomic E-state index is 0.0203. The quantitative estimate of drug-likeness (QED) is 0.816. The Morgan fingerprint density at radius 2 is 2.17 bits per heavy atom. The van der Waals surface area contributed by atoms with Gasteiger partial charge in [0.1, 0.15) is 0 Å². The van der Waals surface area contributed by atoms with Gasteiger partial charge in [0.25, 0.3) is 0 Å². The summed E-state index contributed by atoms with van der Waals surface area (Å²) in [5.74, 6) is -2.05. The largest absolute Gasteiger partial charge is 0.574 e. The highest BCUT2D eigenvalue weighted by Gasteiger charge is 2.33. The molecule has 1 N–H and O–H groups in total. The summed E-state index contributed by atoms with van der Waals surface area (Å²) in [6.45, 7) is 0. The first kappa shape index (κ1) is 14.8. The third-order valence-electron chi connectivity index (χ3n) is 1.74. The van der Waals surface area contributed by atoms with Crippen LogP contribution in [-0.4, -0.2) is 29.5 Å². The molecule has 100 valence electrons. The molecule has 0 amide bonds.